The highest BCUT2D eigenvalue weighted by Gasteiger charge is 2.22. The van der Waals surface area contributed by atoms with Gasteiger partial charge in [0.2, 0.25) is 5.28 Å². The van der Waals surface area contributed by atoms with Crippen LogP contribution in [0.3, 0.4) is 0 Å². The van der Waals surface area contributed by atoms with Crippen molar-refractivity contribution in [3.05, 3.63) is 29.5 Å². The highest BCUT2D eigenvalue weighted by molar-refractivity contribution is 7.99. The summed E-state index contributed by atoms with van der Waals surface area (Å²) in [5.41, 5.74) is 0.896. The Bertz CT molecular complexity index is 605. The van der Waals surface area contributed by atoms with Gasteiger partial charge in [0.25, 0.3) is 0 Å². The van der Waals surface area contributed by atoms with Crippen LogP contribution in [-0.4, -0.2) is 27.5 Å². The number of thioether (sulfide) groups is 1. The van der Waals surface area contributed by atoms with Gasteiger partial charge in [-0.05, 0) is 49.3 Å². The zero-order chi connectivity index (χ0) is 13.9. The molecule has 0 saturated heterocycles. The standard InChI is InChI=1S/C15H18ClN3S/c1-20-11-6-4-5-10(9-11)17-14-12-7-2-3-8-13(12)18-15(16)19-14/h2-3,7-8,10-11H,4-6,9H2,1H3,(H,17,18,19). The average molecular weight is 308 g/mol. The SMILES string of the molecule is CSC1CCCC(Nc2nc(Cl)nc3ccccc23)C1. The van der Waals surface area contributed by atoms with Gasteiger partial charge in [0.1, 0.15) is 5.82 Å². The lowest BCUT2D eigenvalue weighted by Gasteiger charge is -2.29. The van der Waals surface area contributed by atoms with Gasteiger partial charge in [-0.2, -0.15) is 11.8 Å². The predicted molar refractivity (Wildman–Crippen MR) is 87.7 cm³/mol. The minimum atomic E-state index is 0.309. The van der Waals surface area contributed by atoms with E-state index < -0.39 is 0 Å². The summed E-state index contributed by atoms with van der Waals surface area (Å²) in [4.78, 5) is 8.65. The van der Waals surface area contributed by atoms with Crippen LogP contribution < -0.4 is 5.32 Å². The van der Waals surface area contributed by atoms with Crippen LogP contribution in [0, 0.1) is 0 Å². The summed E-state index contributed by atoms with van der Waals surface area (Å²) in [6.07, 6.45) is 7.19. The predicted octanol–water partition coefficient (Wildman–Crippen LogP) is 4.37. The van der Waals surface area contributed by atoms with E-state index in [4.69, 9.17) is 11.6 Å². The maximum Gasteiger partial charge on any atom is 0.224 e. The van der Waals surface area contributed by atoms with Crippen molar-refractivity contribution in [1.82, 2.24) is 9.97 Å². The summed E-state index contributed by atoms with van der Waals surface area (Å²) < 4.78 is 0. The molecule has 2 atom stereocenters. The van der Waals surface area contributed by atoms with Gasteiger partial charge in [-0.3, -0.25) is 0 Å². The normalized spacial score (nSPS) is 22.9. The number of halogens is 1. The Morgan fingerprint density at radius 2 is 2.10 bits per heavy atom. The minimum Gasteiger partial charge on any atom is -0.367 e. The second kappa shape index (κ2) is 6.19. The molecular formula is C15H18ClN3S. The Morgan fingerprint density at radius 3 is 2.95 bits per heavy atom. The van der Waals surface area contributed by atoms with Crippen LogP contribution in [-0.2, 0) is 0 Å². The molecule has 5 heteroatoms. The van der Waals surface area contributed by atoms with Gasteiger partial charge in [0.15, 0.2) is 0 Å². The van der Waals surface area contributed by atoms with Crippen LogP contribution in [0.4, 0.5) is 5.82 Å². The first-order valence-electron chi connectivity index (χ1n) is 6.98. The fourth-order valence-corrected chi connectivity index (χ4v) is 3.84. The van der Waals surface area contributed by atoms with E-state index in [-0.39, 0.29) is 0 Å². The highest BCUT2D eigenvalue weighted by atomic mass is 35.5. The molecule has 1 fully saturated rings. The van der Waals surface area contributed by atoms with E-state index in [1.165, 1.54) is 25.7 Å². The largest absolute Gasteiger partial charge is 0.367 e. The number of fused-ring (bicyclic) bond motifs is 1. The summed E-state index contributed by atoms with van der Waals surface area (Å²) in [6.45, 7) is 0. The molecular weight excluding hydrogens is 290 g/mol. The van der Waals surface area contributed by atoms with E-state index in [1.54, 1.807) is 0 Å². The third-order valence-corrected chi connectivity index (χ3v) is 5.14. The summed E-state index contributed by atoms with van der Waals surface area (Å²) in [5, 5.41) is 5.69. The van der Waals surface area contributed by atoms with Crippen molar-refractivity contribution in [3.8, 4) is 0 Å². The molecule has 1 heterocycles. The topological polar surface area (TPSA) is 37.8 Å². The minimum absolute atomic E-state index is 0.309. The molecule has 0 spiro atoms. The van der Waals surface area contributed by atoms with Gasteiger partial charge in [0.05, 0.1) is 5.52 Å². The number of hydrogen-bond acceptors (Lipinski definition) is 4. The molecule has 1 aromatic carbocycles. The van der Waals surface area contributed by atoms with Gasteiger partial charge in [-0.25, -0.2) is 9.97 Å². The van der Waals surface area contributed by atoms with Crippen molar-refractivity contribution in [2.24, 2.45) is 0 Å². The van der Waals surface area contributed by atoms with E-state index in [2.05, 4.69) is 21.5 Å². The van der Waals surface area contributed by atoms with Gasteiger partial charge in [0, 0.05) is 16.7 Å². The Morgan fingerprint density at radius 1 is 1.25 bits per heavy atom. The van der Waals surface area contributed by atoms with Crippen LogP contribution in [0.15, 0.2) is 24.3 Å². The smallest absolute Gasteiger partial charge is 0.224 e. The van der Waals surface area contributed by atoms with E-state index in [0.29, 0.717) is 11.3 Å². The number of para-hydroxylation sites is 1. The maximum absolute atomic E-state index is 6.03. The van der Waals surface area contributed by atoms with E-state index in [9.17, 15) is 0 Å². The summed E-state index contributed by atoms with van der Waals surface area (Å²) >= 11 is 8.00. The highest BCUT2D eigenvalue weighted by Crippen LogP contribution is 2.30. The maximum atomic E-state index is 6.03. The number of anilines is 1. The van der Waals surface area contributed by atoms with Gasteiger partial charge >= 0.3 is 0 Å². The molecule has 106 valence electrons. The first-order valence-corrected chi connectivity index (χ1v) is 8.64. The quantitative estimate of drug-likeness (QED) is 0.855. The number of rotatable bonds is 3. The van der Waals surface area contributed by atoms with Crippen LogP contribution in [0.2, 0.25) is 5.28 Å². The summed E-state index contributed by atoms with van der Waals surface area (Å²) in [5.74, 6) is 0.868. The summed E-state index contributed by atoms with van der Waals surface area (Å²) in [7, 11) is 0. The molecule has 1 aliphatic carbocycles. The second-order valence-electron chi connectivity index (χ2n) is 5.22. The number of nitrogens with one attached hydrogen (secondary N) is 1. The lowest BCUT2D eigenvalue weighted by atomic mass is 9.95. The van der Waals surface area contributed by atoms with Gasteiger partial charge in [-0.1, -0.05) is 18.6 Å². The molecule has 0 radical (unpaired) electrons. The molecule has 1 aromatic heterocycles. The lowest BCUT2D eigenvalue weighted by molar-refractivity contribution is 0.473. The second-order valence-corrected chi connectivity index (χ2v) is 6.70. The number of hydrogen-bond donors (Lipinski definition) is 1. The van der Waals surface area contributed by atoms with Crippen molar-refractivity contribution in [2.45, 2.75) is 37.0 Å². The number of benzene rings is 1. The number of aromatic nitrogens is 2. The molecule has 1 N–H and O–H groups in total. The number of nitrogens with zero attached hydrogens (tertiary/aromatic N) is 2. The molecule has 3 rings (SSSR count). The van der Waals surface area contributed by atoms with Crippen LogP contribution in [0.1, 0.15) is 25.7 Å². The van der Waals surface area contributed by atoms with Crippen molar-refractivity contribution in [3.63, 3.8) is 0 Å². The van der Waals surface area contributed by atoms with Crippen molar-refractivity contribution in [2.75, 3.05) is 11.6 Å². The van der Waals surface area contributed by atoms with E-state index >= 15 is 0 Å². The van der Waals surface area contributed by atoms with Gasteiger partial charge < -0.3 is 5.32 Å². The monoisotopic (exact) mass is 307 g/mol. The average Bonchev–Trinajstić information content (AvgIpc) is 2.47. The Labute approximate surface area is 128 Å². The Balaban J connectivity index is 1.86. The molecule has 1 saturated carbocycles. The van der Waals surface area contributed by atoms with Crippen molar-refractivity contribution >= 4 is 40.1 Å². The van der Waals surface area contributed by atoms with E-state index in [1.807, 2.05) is 36.0 Å². The fraction of sp³-hybridized carbons (Fsp3) is 0.467. The molecule has 0 amide bonds. The zero-order valence-corrected chi connectivity index (χ0v) is 13.0. The lowest BCUT2D eigenvalue weighted by Crippen LogP contribution is -2.29. The first kappa shape index (κ1) is 14.0. The molecule has 0 bridgehead atoms. The molecule has 20 heavy (non-hydrogen) atoms. The zero-order valence-electron chi connectivity index (χ0n) is 11.5. The van der Waals surface area contributed by atoms with Crippen molar-refractivity contribution in [1.29, 1.82) is 0 Å². The van der Waals surface area contributed by atoms with Crippen LogP contribution >= 0.6 is 23.4 Å². The summed E-state index contributed by atoms with van der Waals surface area (Å²) in [6, 6.07) is 8.48. The molecule has 0 aliphatic heterocycles. The molecule has 1 aliphatic rings. The molecule has 3 nitrogen and oxygen atoms in total. The third kappa shape index (κ3) is 3.01. The van der Waals surface area contributed by atoms with Crippen LogP contribution in [0.5, 0.6) is 0 Å². The fourth-order valence-electron chi connectivity index (χ4n) is 2.84. The van der Waals surface area contributed by atoms with Crippen molar-refractivity contribution < 1.29 is 0 Å². The molecule has 2 aromatic rings. The molecule has 2 unspecified atom stereocenters. The first-order chi connectivity index (χ1) is 9.76. The Hall–Kier alpha value is -1.00. The van der Waals surface area contributed by atoms with Crippen LogP contribution in [0.25, 0.3) is 10.9 Å². The van der Waals surface area contributed by atoms with Gasteiger partial charge in [-0.15, -0.1) is 0 Å². The third-order valence-electron chi connectivity index (χ3n) is 3.88. The van der Waals surface area contributed by atoms with E-state index in [0.717, 1.165) is 22.0 Å². The Kier molecular flexibility index (Phi) is 4.32.